The van der Waals surface area contributed by atoms with Crippen LogP contribution >= 0.6 is 0 Å². The number of anilines is 3. The molecule has 0 aromatic heterocycles. The van der Waals surface area contributed by atoms with Crippen LogP contribution in [-0.4, -0.2) is 49.2 Å². The van der Waals surface area contributed by atoms with Crippen LogP contribution in [0, 0.1) is 10.1 Å². The molecule has 10 heteroatoms. The van der Waals surface area contributed by atoms with Crippen LogP contribution in [0.3, 0.4) is 0 Å². The van der Waals surface area contributed by atoms with Crippen LogP contribution in [0.1, 0.15) is 17.3 Å². The smallest absolute Gasteiger partial charge is 0.341 e. The third-order valence-electron chi connectivity index (χ3n) is 4.63. The highest BCUT2D eigenvalue weighted by Gasteiger charge is 2.22. The molecule has 0 bridgehead atoms. The van der Waals surface area contributed by atoms with Gasteiger partial charge in [-0.3, -0.25) is 14.9 Å². The van der Waals surface area contributed by atoms with Gasteiger partial charge in [0, 0.05) is 42.3 Å². The number of morpholine rings is 1. The Kier molecular flexibility index (Phi) is 6.48. The fourth-order valence-corrected chi connectivity index (χ4v) is 2.93. The van der Waals surface area contributed by atoms with Gasteiger partial charge in [-0.2, -0.15) is 0 Å². The second-order valence-electron chi connectivity index (χ2n) is 6.71. The molecule has 0 radical (unpaired) electrons. The number of nitrogens with two attached hydrogens (primary N) is 1. The van der Waals surface area contributed by atoms with Crippen molar-refractivity contribution in [2.45, 2.75) is 13.0 Å². The van der Waals surface area contributed by atoms with Crippen molar-refractivity contribution in [2.75, 3.05) is 42.3 Å². The molecule has 1 aliphatic heterocycles. The Hall–Kier alpha value is -3.66. The predicted molar refractivity (Wildman–Crippen MR) is 110 cm³/mol. The number of nitrogen functional groups attached to an aromatic ring is 1. The molecule has 0 aliphatic carbocycles. The van der Waals surface area contributed by atoms with E-state index in [1.807, 2.05) is 12.1 Å². The number of carbonyl (C=O) groups is 2. The standard InChI is InChI=1S/C20H22N4O6/c1-13(30-20(26)17-12-16(24(27)28)6-7-18(17)21)19(25)22-14-2-4-15(5-3-14)23-8-10-29-11-9-23/h2-7,12-13H,8-11,21H2,1H3,(H,22,25)/t13-/m1/s1. The summed E-state index contributed by atoms with van der Waals surface area (Å²) in [6.45, 7) is 4.37. The van der Waals surface area contributed by atoms with Gasteiger partial charge in [0.1, 0.15) is 0 Å². The van der Waals surface area contributed by atoms with Crippen LogP contribution in [-0.2, 0) is 14.3 Å². The lowest BCUT2D eigenvalue weighted by atomic mass is 10.1. The number of hydrogen-bond donors (Lipinski definition) is 2. The van der Waals surface area contributed by atoms with Crippen molar-refractivity contribution < 1.29 is 24.0 Å². The maximum absolute atomic E-state index is 12.4. The molecule has 1 atom stereocenters. The zero-order chi connectivity index (χ0) is 21.7. The molecule has 1 heterocycles. The average molecular weight is 414 g/mol. The number of hydrogen-bond acceptors (Lipinski definition) is 8. The molecule has 1 saturated heterocycles. The monoisotopic (exact) mass is 414 g/mol. The predicted octanol–water partition coefficient (Wildman–Crippen LogP) is 2.20. The molecule has 30 heavy (non-hydrogen) atoms. The number of amides is 1. The minimum absolute atomic E-state index is 0.0249. The van der Waals surface area contributed by atoms with E-state index in [9.17, 15) is 19.7 Å². The molecule has 1 fully saturated rings. The number of nitrogens with zero attached hydrogens (tertiary/aromatic N) is 2. The summed E-state index contributed by atoms with van der Waals surface area (Å²) < 4.78 is 10.5. The van der Waals surface area contributed by atoms with Gasteiger partial charge in [0.15, 0.2) is 6.10 Å². The van der Waals surface area contributed by atoms with Crippen molar-refractivity contribution in [2.24, 2.45) is 0 Å². The third-order valence-corrected chi connectivity index (χ3v) is 4.63. The Morgan fingerprint density at radius 1 is 1.20 bits per heavy atom. The Bertz CT molecular complexity index is 941. The molecule has 0 saturated carbocycles. The van der Waals surface area contributed by atoms with Crippen molar-refractivity contribution >= 4 is 34.6 Å². The van der Waals surface area contributed by atoms with Gasteiger partial charge in [-0.15, -0.1) is 0 Å². The minimum Gasteiger partial charge on any atom is -0.449 e. The van der Waals surface area contributed by atoms with Crippen LogP contribution < -0.4 is 16.0 Å². The molecule has 2 aromatic rings. The number of rotatable bonds is 6. The first kappa shape index (κ1) is 21.1. The lowest BCUT2D eigenvalue weighted by molar-refractivity contribution is -0.384. The van der Waals surface area contributed by atoms with Gasteiger partial charge in [0.25, 0.3) is 11.6 Å². The highest BCUT2D eigenvalue weighted by atomic mass is 16.6. The van der Waals surface area contributed by atoms with Gasteiger partial charge in [-0.1, -0.05) is 0 Å². The summed E-state index contributed by atoms with van der Waals surface area (Å²) in [6.07, 6.45) is -1.13. The van der Waals surface area contributed by atoms with Crippen LogP contribution in [0.25, 0.3) is 0 Å². The van der Waals surface area contributed by atoms with Gasteiger partial charge in [0.2, 0.25) is 0 Å². The van der Waals surface area contributed by atoms with E-state index >= 15 is 0 Å². The van der Waals surface area contributed by atoms with Crippen molar-refractivity contribution in [1.82, 2.24) is 0 Å². The summed E-state index contributed by atoms with van der Waals surface area (Å²) in [5.74, 6) is -1.45. The summed E-state index contributed by atoms with van der Waals surface area (Å²) in [5, 5.41) is 13.6. The van der Waals surface area contributed by atoms with E-state index in [0.29, 0.717) is 18.9 Å². The van der Waals surface area contributed by atoms with Crippen LogP contribution in [0.4, 0.5) is 22.7 Å². The number of nitrogens with one attached hydrogen (secondary N) is 1. The Morgan fingerprint density at radius 3 is 2.50 bits per heavy atom. The van der Waals surface area contributed by atoms with E-state index in [2.05, 4.69) is 10.2 Å². The number of ether oxygens (including phenoxy) is 2. The van der Waals surface area contributed by atoms with E-state index in [1.54, 1.807) is 12.1 Å². The fourth-order valence-electron chi connectivity index (χ4n) is 2.93. The highest BCUT2D eigenvalue weighted by molar-refractivity contribution is 5.99. The Balaban J connectivity index is 1.60. The van der Waals surface area contributed by atoms with E-state index in [-0.39, 0.29) is 16.9 Å². The first-order valence-electron chi connectivity index (χ1n) is 9.33. The van der Waals surface area contributed by atoms with Crippen molar-refractivity contribution in [3.05, 3.63) is 58.1 Å². The molecular formula is C20H22N4O6. The molecule has 158 valence electrons. The molecule has 0 spiro atoms. The number of esters is 1. The summed E-state index contributed by atoms with van der Waals surface area (Å²) in [7, 11) is 0. The maximum atomic E-state index is 12.4. The van der Waals surface area contributed by atoms with E-state index in [0.717, 1.165) is 24.8 Å². The van der Waals surface area contributed by atoms with Crippen molar-refractivity contribution in [1.29, 1.82) is 0 Å². The lowest BCUT2D eigenvalue weighted by Gasteiger charge is -2.28. The third kappa shape index (κ3) is 5.03. The zero-order valence-electron chi connectivity index (χ0n) is 16.4. The van der Waals surface area contributed by atoms with Gasteiger partial charge >= 0.3 is 5.97 Å². The quantitative estimate of drug-likeness (QED) is 0.318. The van der Waals surface area contributed by atoms with Crippen molar-refractivity contribution in [3.63, 3.8) is 0 Å². The zero-order valence-corrected chi connectivity index (χ0v) is 16.4. The number of benzene rings is 2. The molecule has 1 aliphatic rings. The average Bonchev–Trinajstić information content (AvgIpc) is 2.74. The van der Waals surface area contributed by atoms with Crippen LogP contribution in [0.5, 0.6) is 0 Å². The number of nitro groups is 1. The van der Waals surface area contributed by atoms with Gasteiger partial charge < -0.3 is 25.4 Å². The molecular weight excluding hydrogens is 392 g/mol. The summed E-state index contributed by atoms with van der Waals surface area (Å²) in [5.41, 5.74) is 6.84. The molecule has 2 aromatic carbocycles. The second-order valence-corrected chi connectivity index (χ2v) is 6.71. The number of nitro benzene ring substituents is 1. The molecule has 3 N–H and O–H groups in total. The molecule has 3 rings (SSSR count). The van der Waals surface area contributed by atoms with E-state index in [4.69, 9.17) is 15.2 Å². The largest absolute Gasteiger partial charge is 0.449 e. The lowest BCUT2D eigenvalue weighted by Crippen LogP contribution is -2.36. The second kappa shape index (κ2) is 9.23. The van der Waals surface area contributed by atoms with Crippen LogP contribution in [0.15, 0.2) is 42.5 Å². The summed E-state index contributed by atoms with van der Waals surface area (Å²) in [6, 6.07) is 10.7. The van der Waals surface area contributed by atoms with E-state index < -0.39 is 22.9 Å². The van der Waals surface area contributed by atoms with Crippen LogP contribution in [0.2, 0.25) is 0 Å². The van der Waals surface area contributed by atoms with Gasteiger partial charge in [0.05, 0.1) is 23.7 Å². The SMILES string of the molecule is C[C@@H](OC(=O)c1cc([N+](=O)[O-])ccc1N)C(=O)Nc1ccc(N2CCOCC2)cc1. The maximum Gasteiger partial charge on any atom is 0.341 e. The fraction of sp³-hybridized carbons (Fsp3) is 0.300. The Labute approximate surface area is 172 Å². The molecule has 10 nitrogen and oxygen atoms in total. The Morgan fingerprint density at radius 2 is 1.87 bits per heavy atom. The van der Waals surface area contributed by atoms with Gasteiger partial charge in [-0.05, 0) is 37.3 Å². The first-order valence-corrected chi connectivity index (χ1v) is 9.33. The molecule has 0 unspecified atom stereocenters. The summed E-state index contributed by atoms with van der Waals surface area (Å²) in [4.78, 5) is 37.1. The van der Waals surface area contributed by atoms with E-state index in [1.165, 1.54) is 19.1 Å². The van der Waals surface area contributed by atoms with Gasteiger partial charge in [-0.25, -0.2) is 4.79 Å². The number of non-ortho nitro benzene ring substituents is 1. The highest BCUT2D eigenvalue weighted by Crippen LogP contribution is 2.22. The summed E-state index contributed by atoms with van der Waals surface area (Å²) >= 11 is 0. The first-order chi connectivity index (χ1) is 14.3. The number of carbonyl (C=O) groups excluding carboxylic acids is 2. The molecule has 1 amide bonds. The normalized spacial score (nSPS) is 14.6. The van der Waals surface area contributed by atoms with Crippen molar-refractivity contribution in [3.8, 4) is 0 Å². The minimum atomic E-state index is -1.13. The topological polar surface area (TPSA) is 137 Å².